The van der Waals surface area contributed by atoms with E-state index in [-0.39, 0.29) is 6.09 Å². The Balaban J connectivity index is 1.32. The van der Waals surface area contributed by atoms with Crippen LogP contribution in [0.4, 0.5) is 10.6 Å². The lowest BCUT2D eigenvalue weighted by Gasteiger charge is -2.26. The Labute approximate surface area is 147 Å². The Hall–Kier alpha value is -2.31. The van der Waals surface area contributed by atoms with E-state index in [1.807, 2.05) is 44.9 Å². The van der Waals surface area contributed by atoms with E-state index < -0.39 is 5.60 Å². The highest BCUT2D eigenvalue weighted by Gasteiger charge is 2.56. The summed E-state index contributed by atoms with van der Waals surface area (Å²) in [7, 11) is 0. The van der Waals surface area contributed by atoms with Crippen molar-refractivity contribution in [2.75, 3.05) is 25.0 Å². The van der Waals surface area contributed by atoms with E-state index in [0.29, 0.717) is 17.8 Å². The van der Waals surface area contributed by atoms with E-state index in [2.05, 4.69) is 20.3 Å². The number of piperidine rings is 1. The SMILES string of the molecule is Cc1nc(NC[C@H]2[C@H]3CN(C(=O)OC(C)(C)C)C[C@@H]23)c2cc[nH]c2n1. The number of aryl methyl sites for hydroxylation is 1. The maximum atomic E-state index is 12.1. The van der Waals surface area contributed by atoms with E-state index in [1.54, 1.807) is 0 Å². The van der Waals surface area contributed by atoms with Gasteiger partial charge >= 0.3 is 6.09 Å². The molecular weight excluding hydrogens is 318 g/mol. The molecule has 1 saturated carbocycles. The summed E-state index contributed by atoms with van der Waals surface area (Å²) in [6, 6.07) is 2.00. The minimum Gasteiger partial charge on any atom is -0.444 e. The van der Waals surface area contributed by atoms with Gasteiger partial charge in [-0.25, -0.2) is 14.8 Å². The highest BCUT2D eigenvalue weighted by molar-refractivity contribution is 5.87. The standard InChI is InChI=1S/C18H25N5O2/c1-10-21-15-11(5-6-19-15)16(22-10)20-7-12-13-8-23(9-14(12)13)17(24)25-18(2,3)4/h5-6,12-14H,7-9H2,1-4H3,(H2,19,20,21,22)/t12-,13+,14-. The maximum Gasteiger partial charge on any atom is 0.410 e. The van der Waals surface area contributed by atoms with Crippen molar-refractivity contribution in [1.82, 2.24) is 19.9 Å². The molecule has 25 heavy (non-hydrogen) atoms. The lowest BCUT2D eigenvalue weighted by atomic mass is 10.2. The van der Waals surface area contributed by atoms with Crippen LogP contribution in [0.15, 0.2) is 12.3 Å². The second kappa shape index (κ2) is 5.61. The molecule has 134 valence electrons. The first-order valence-corrected chi connectivity index (χ1v) is 8.85. The molecule has 2 fully saturated rings. The van der Waals surface area contributed by atoms with E-state index in [9.17, 15) is 4.79 Å². The third-order valence-corrected chi connectivity index (χ3v) is 5.06. The number of nitrogens with one attached hydrogen (secondary N) is 2. The molecule has 1 amide bonds. The zero-order chi connectivity index (χ0) is 17.8. The number of ether oxygens (including phenoxy) is 1. The second-order valence-electron chi connectivity index (χ2n) is 8.12. The molecule has 7 nitrogen and oxygen atoms in total. The van der Waals surface area contributed by atoms with Crippen LogP contribution in [-0.4, -0.2) is 51.2 Å². The minimum absolute atomic E-state index is 0.188. The first-order chi connectivity index (χ1) is 11.8. The fourth-order valence-corrected chi connectivity index (χ4v) is 3.83. The highest BCUT2D eigenvalue weighted by Crippen LogP contribution is 2.51. The number of hydrogen-bond acceptors (Lipinski definition) is 5. The number of aromatic amines is 1. The van der Waals surface area contributed by atoms with Gasteiger partial charge in [0.25, 0.3) is 0 Å². The average Bonchev–Trinajstić information content (AvgIpc) is 2.92. The third kappa shape index (κ3) is 3.15. The third-order valence-electron chi connectivity index (χ3n) is 5.06. The first kappa shape index (κ1) is 16.2. The minimum atomic E-state index is -0.433. The molecule has 2 N–H and O–H groups in total. The molecule has 3 heterocycles. The van der Waals surface area contributed by atoms with Gasteiger partial charge in [-0.05, 0) is 51.5 Å². The Morgan fingerprint density at radius 2 is 2.08 bits per heavy atom. The Kier molecular flexibility index (Phi) is 3.63. The zero-order valence-corrected chi connectivity index (χ0v) is 15.2. The van der Waals surface area contributed by atoms with Crippen LogP contribution in [0.25, 0.3) is 11.0 Å². The van der Waals surface area contributed by atoms with Crippen molar-refractivity contribution in [3.63, 3.8) is 0 Å². The number of aromatic nitrogens is 3. The molecule has 2 aromatic heterocycles. The molecule has 1 saturated heterocycles. The van der Waals surface area contributed by atoms with Crippen molar-refractivity contribution < 1.29 is 9.53 Å². The number of anilines is 1. The van der Waals surface area contributed by atoms with Crippen LogP contribution in [0.5, 0.6) is 0 Å². The fraction of sp³-hybridized carbons (Fsp3) is 0.611. The largest absolute Gasteiger partial charge is 0.444 e. The quantitative estimate of drug-likeness (QED) is 0.895. The highest BCUT2D eigenvalue weighted by atomic mass is 16.6. The molecule has 0 radical (unpaired) electrons. The summed E-state index contributed by atoms with van der Waals surface area (Å²) < 4.78 is 5.46. The van der Waals surface area contributed by atoms with Gasteiger partial charge in [0.05, 0.1) is 5.39 Å². The van der Waals surface area contributed by atoms with Crippen molar-refractivity contribution in [1.29, 1.82) is 0 Å². The van der Waals surface area contributed by atoms with Crippen molar-refractivity contribution in [2.24, 2.45) is 17.8 Å². The van der Waals surface area contributed by atoms with E-state index >= 15 is 0 Å². The Morgan fingerprint density at radius 3 is 2.76 bits per heavy atom. The number of carbonyl (C=O) groups excluding carboxylic acids is 1. The fourth-order valence-electron chi connectivity index (χ4n) is 3.83. The van der Waals surface area contributed by atoms with Crippen LogP contribution >= 0.6 is 0 Å². The summed E-state index contributed by atoms with van der Waals surface area (Å²) in [4.78, 5) is 26.0. The molecule has 7 heteroatoms. The van der Waals surface area contributed by atoms with Gasteiger partial charge in [-0.15, -0.1) is 0 Å². The molecule has 0 bridgehead atoms. The van der Waals surface area contributed by atoms with E-state index in [0.717, 1.165) is 42.3 Å². The number of likely N-dealkylation sites (tertiary alicyclic amines) is 1. The predicted octanol–water partition coefficient (Wildman–Crippen LogP) is 2.79. The number of fused-ring (bicyclic) bond motifs is 2. The summed E-state index contributed by atoms with van der Waals surface area (Å²) in [5.41, 5.74) is 0.430. The summed E-state index contributed by atoms with van der Waals surface area (Å²) >= 11 is 0. The number of nitrogens with zero attached hydrogens (tertiary/aromatic N) is 3. The zero-order valence-electron chi connectivity index (χ0n) is 15.2. The van der Waals surface area contributed by atoms with Crippen LogP contribution < -0.4 is 5.32 Å². The molecule has 0 aromatic carbocycles. The smallest absolute Gasteiger partial charge is 0.410 e. The normalized spacial score (nSPS) is 25.1. The Morgan fingerprint density at radius 1 is 1.36 bits per heavy atom. The van der Waals surface area contributed by atoms with Gasteiger partial charge < -0.3 is 19.9 Å². The number of rotatable bonds is 3. The monoisotopic (exact) mass is 343 g/mol. The van der Waals surface area contributed by atoms with Gasteiger partial charge in [-0.3, -0.25) is 0 Å². The molecule has 4 rings (SSSR count). The van der Waals surface area contributed by atoms with E-state index in [4.69, 9.17) is 4.74 Å². The molecule has 2 aromatic rings. The van der Waals surface area contributed by atoms with Crippen molar-refractivity contribution in [3.05, 3.63) is 18.1 Å². The van der Waals surface area contributed by atoms with Crippen molar-refractivity contribution >= 4 is 22.9 Å². The van der Waals surface area contributed by atoms with Crippen LogP contribution in [0, 0.1) is 24.7 Å². The molecule has 2 aliphatic rings. The van der Waals surface area contributed by atoms with Gasteiger partial charge in [0.1, 0.15) is 22.9 Å². The maximum absolute atomic E-state index is 12.1. The summed E-state index contributed by atoms with van der Waals surface area (Å²) in [6.45, 7) is 10.1. The van der Waals surface area contributed by atoms with Crippen molar-refractivity contribution in [2.45, 2.75) is 33.3 Å². The number of hydrogen-bond donors (Lipinski definition) is 2. The van der Waals surface area contributed by atoms with Gasteiger partial charge in [0.15, 0.2) is 0 Å². The molecule has 1 aliphatic heterocycles. The lowest BCUT2D eigenvalue weighted by molar-refractivity contribution is 0.0266. The van der Waals surface area contributed by atoms with Crippen LogP contribution in [0.2, 0.25) is 0 Å². The van der Waals surface area contributed by atoms with Gasteiger partial charge in [0, 0.05) is 25.8 Å². The van der Waals surface area contributed by atoms with Crippen LogP contribution in [0.3, 0.4) is 0 Å². The molecule has 0 spiro atoms. The predicted molar refractivity (Wildman–Crippen MR) is 95.4 cm³/mol. The summed E-state index contributed by atoms with van der Waals surface area (Å²) in [6.07, 6.45) is 1.70. The van der Waals surface area contributed by atoms with Gasteiger partial charge in [-0.1, -0.05) is 0 Å². The second-order valence-corrected chi connectivity index (χ2v) is 8.12. The molecule has 3 atom stereocenters. The molecule has 1 aliphatic carbocycles. The van der Waals surface area contributed by atoms with Gasteiger partial charge in [-0.2, -0.15) is 0 Å². The lowest BCUT2D eigenvalue weighted by Crippen LogP contribution is -2.37. The summed E-state index contributed by atoms with van der Waals surface area (Å²) in [5, 5.41) is 4.50. The van der Waals surface area contributed by atoms with Crippen LogP contribution in [0.1, 0.15) is 26.6 Å². The van der Waals surface area contributed by atoms with E-state index in [1.165, 1.54) is 0 Å². The van der Waals surface area contributed by atoms with Crippen LogP contribution in [-0.2, 0) is 4.74 Å². The molecule has 0 unspecified atom stereocenters. The van der Waals surface area contributed by atoms with Crippen molar-refractivity contribution in [3.8, 4) is 0 Å². The molecular formula is C18H25N5O2. The Bertz CT molecular complexity index is 797. The first-order valence-electron chi connectivity index (χ1n) is 8.85. The van der Waals surface area contributed by atoms with Gasteiger partial charge in [0.2, 0.25) is 0 Å². The topological polar surface area (TPSA) is 83.1 Å². The summed E-state index contributed by atoms with van der Waals surface area (Å²) in [5.74, 6) is 3.39. The number of H-pyrrole nitrogens is 1. The number of carbonyl (C=O) groups is 1. The average molecular weight is 343 g/mol. The number of amides is 1.